The van der Waals surface area contributed by atoms with Gasteiger partial charge in [-0.25, -0.2) is 12.8 Å². The molecular formula is C18H20BrFN4O4S. The van der Waals surface area contributed by atoms with Crippen LogP contribution in [0, 0.1) is 5.82 Å². The van der Waals surface area contributed by atoms with Gasteiger partial charge in [-0.05, 0) is 53.0 Å². The van der Waals surface area contributed by atoms with Crippen LogP contribution in [-0.4, -0.2) is 42.2 Å². The largest absolute Gasteiger partial charge is 0.345 e. The molecule has 11 heteroatoms. The van der Waals surface area contributed by atoms with E-state index in [1.54, 1.807) is 23.9 Å². The summed E-state index contributed by atoms with van der Waals surface area (Å²) in [6.45, 7) is 0.640. The summed E-state index contributed by atoms with van der Waals surface area (Å²) < 4.78 is 43.2. The molecule has 3 rings (SSSR count). The number of hydrogen-bond donors (Lipinski definition) is 2. The smallest absolute Gasteiger partial charge is 0.286 e. The lowest BCUT2D eigenvalue weighted by atomic mass is 10.2. The van der Waals surface area contributed by atoms with Gasteiger partial charge in [0, 0.05) is 36.4 Å². The molecule has 0 spiro atoms. The van der Waals surface area contributed by atoms with Crippen LogP contribution in [-0.2, 0) is 17.1 Å². The van der Waals surface area contributed by atoms with Crippen LogP contribution in [0.15, 0.2) is 39.8 Å². The van der Waals surface area contributed by atoms with E-state index in [1.807, 2.05) is 0 Å². The number of carbonyl (C=O) groups excluding carboxylic acids is 2. The van der Waals surface area contributed by atoms with Gasteiger partial charge in [-0.2, -0.15) is 4.31 Å². The number of benzene rings is 1. The minimum Gasteiger partial charge on any atom is -0.345 e. The predicted molar refractivity (Wildman–Crippen MR) is 107 cm³/mol. The molecule has 1 aromatic carbocycles. The van der Waals surface area contributed by atoms with Crippen LogP contribution in [0.25, 0.3) is 0 Å². The Bertz CT molecular complexity index is 1050. The van der Waals surface area contributed by atoms with Crippen LogP contribution in [0.5, 0.6) is 0 Å². The number of halogens is 2. The van der Waals surface area contributed by atoms with Crippen LogP contribution in [0.1, 0.15) is 40.1 Å². The number of nitrogens with one attached hydrogen (secondary N) is 2. The number of aromatic nitrogens is 1. The van der Waals surface area contributed by atoms with Gasteiger partial charge >= 0.3 is 0 Å². The van der Waals surface area contributed by atoms with Crippen molar-refractivity contribution in [2.45, 2.75) is 24.2 Å². The second-order valence-corrected chi connectivity index (χ2v) is 9.49. The molecule has 0 saturated carbocycles. The van der Waals surface area contributed by atoms with Crippen molar-refractivity contribution in [3.05, 3.63) is 52.0 Å². The molecule has 1 aliphatic rings. The van der Waals surface area contributed by atoms with Crippen molar-refractivity contribution in [3.8, 4) is 0 Å². The van der Waals surface area contributed by atoms with Gasteiger partial charge < -0.3 is 4.57 Å². The van der Waals surface area contributed by atoms with Crippen LogP contribution in [0.4, 0.5) is 4.39 Å². The fraction of sp³-hybridized carbons (Fsp3) is 0.333. The van der Waals surface area contributed by atoms with E-state index in [9.17, 15) is 22.4 Å². The van der Waals surface area contributed by atoms with Crippen molar-refractivity contribution in [2.24, 2.45) is 7.05 Å². The van der Waals surface area contributed by atoms with Gasteiger partial charge in [0.25, 0.3) is 11.8 Å². The molecule has 1 saturated heterocycles. The van der Waals surface area contributed by atoms with Gasteiger partial charge in [-0.15, -0.1) is 0 Å². The summed E-state index contributed by atoms with van der Waals surface area (Å²) in [6.07, 6.45) is 4.02. The van der Waals surface area contributed by atoms with E-state index in [4.69, 9.17) is 0 Å². The monoisotopic (exact) mass is 486 g/mol. The zero-order valence-electron chi connectivity index (χ0n) is 15.6. The molecule has 2 amide bonds. The average molecular weight is 487 g/mol. The predicted octanol–water partition coefficient (Wildman–Crippen LogP) is 2.18. The number of hydrazine groups is 1. The molecule has 156 valence electrons. The molecule has 0 radical (unpaired) electrons. The van der Waals surface area contributed by atoms with Gasteiger partial charge in [-0.3, -0.25) is 20.4 Å². The molecular weight excluding hydrogens is 467 g/mol. The molecule has 0 bridgehead atoms. The molecule has 0 atom stereocenters. The maximum Gasteiger partial charge on any atom is 0.286 e. The number of nitrogens with zero attached hydrogens (tertiary/aromatic N) is 2. The van der Waals surface area contributed by atoms with Gasteiger partial charge in [-0.1, -0.05) is 6.42 Å². The minimum absolute atomic E-state index is 0.0876. The third-order valence-electron chi connectivity index (χ3n) is 4.62. The standard InChI is InChI=1S/C18H20BrFN4O4S/c1-23-11-13(19)10-15(23)18(26)22-21-17(25)12-5-6-14(20)16(9-12)29(27,28)24-7-3-2-4-8-24/h5-6,9-11H,2-4,7-8H2,1H3,(H,21,25)(H,22,26). The van der Waals surface area contributed by atoms with E-state index in [-0.39, 0.29) is 5.56 Å². The summed E-state index contributed by atoms with van der Waals surface area (Å²) in [5, 5.41) is 0. The highest BCUT2D eigenvalue weighted by Crippen LogP contribution is 2.24. The molecule has 0 unspecified atom stereocenters. The van der Waals surface area contributed by atoms with Crippen molar-refractivity contribution < 1.29 is 22.4 Å². The first-order valence-electron chi connectivity index (χ1n) is 8.92. The van der Waals surface area contributed by atoms with E-state index in [2.05, 4.69) is 26.8 Å². The summed E-state index contributed by atoms with van der Waals surface area (Å²) in [6, 6.07) is 4.65. The summed E-state index contributed by atoms with van der Waals surface area (Å²) in [5.41, 5.74) is 4.68. The van der Waals surface area contributed by atoms with Crippen LogP contribution in [0.3, 0.4) is 0 Å². The van der Waals surface area contributed by atoms with Crippen molar-refractivity contribution in [2.75, 3.05) is 13.1 Å². The molecule has 29 heavy (non-hydrogen) atoms. The maximum atomic E-state index is 14.3. The van der Waals surface area contributed by atoms with E-state index >= 15 is 0 Å². The lowest BCUT2D eigenvalue weighted by Gasteiger charge is -2.26. The third-order valence-corrected chi connectivity index (χ3v) is 6.97. The van der Waals surface area contributed by atoms with E-state index < -0.39 is 32.6 Å². The highest BCUT2D eigenvalue weighted by molar-refractivity contribution is 9.10. The molecule has 0 aliphatic carbocycles. The van der Waals surface area contributed by atoms with Crippen molar-refractivity contribution in [1.82, 2.24) is 19.7 Å². The molecule has 8 nitrogen and oxygen atoms in total. The quantitative estimate of drug-likeness (QED) is 0.646. The highest BCUT2D eigenvalue weighted by Gasteiger charge is 2.29. The normalized spacial score (nSPS) is 15.1. The number of amides is 2. The molecule has 1 fully saturated rings. The SMILES string of the molecule is Cn1cc(Br)cc1C(=O)NNC(=O)c1ccc(F)c(S(=O)(=O)N2CCCCC2)c1. The molecule has 2 aromatic rings. The summed E-state index contributed by atoms with van der Waals surface area (Å²) in [7, 11) is -2.38. The van der Waals surface area contributed by atoms with Gasteiger partial charge in [0.05, 0.1) is 0 Å². The number of hydrogen-bond acceptors (Lipinski definition) is 4. The van der Waals surface area contributed by atoms with Crippen LogP contribution >= 0.6 is 15.9 Å². The number of piperidine rings is 1. The topological polar surface area (TPSA) is 101 Å². The number of carbonyl (C=O) groups is 2. The Morgan fingerprint density at radius 1 is 1.07 bits per heavy atom. The fourth-order valence-corrected chi connectivity index (χ4v) is 5.22. The zero-order chi connectivity index (χ0) is 21.2. The zero-order valence-corrected chi connectivity index (χ0v) is 18.0. The molecule has 1 aromatic heterocycles. The molecule has 2 N–H and O–H groups in total. The lowest BCUT2D eigenvalue weighted by Crippen LogP contribution is -2.42. The Morgan fingerprint density at radius 3 is 2.34 bits per heavy atom. The van der Waals surface area contributed by atoms with Gasteiger partial charge in [0.1, 0.15) is 16.4 Å². The van der Waals surface area contributed by atoms with E-state index in [0.717, 1.165) is 24.6 Å². The third kappa shape index (κ3) is 4.68. The fourth-order valence-electron chi connectivity index (χ4n) is 3.09. The summed E-state index contributed by atoms with van der Waals surface area (Å²) in [4.78, 5) is 24.0. The summed E-state index contributed by atoms with van der Waals surface area (Å²) in [5.74, 6) is -2.25. The Hall–Kier alpha value is -2.24. The number of sulfonamides is 1. The first-order valence-corrected chi connectivity index (χ1v) is 11.2. The van der Waals surface area contributed by atoms with E-state index in [0.29, 0.717) is 36.1 Å². The summed E-state index contributed by atoms with van der Waals surface area (Å²) >= 11 is 3.25. The van der Waals surface area contributed by atoms with Crippen LogP contribution in [0.2, 0.25) is 0 Å². The lowest BCUT2D eigenvalue weighted by molar-refractivity contribution is 0.0842. The van der Waals surface area contributed by atoms with Crippen molar-refractivity contribution >= 4 is 37.8 Å². The number of rotatable bonds is 4. The Labute approximate surface area is 176 Å². The van der Waals surface area contributed by atoms with Crippen molar-refractivity contribution in [1.29, 1.82) is 0 Å². The first kappa shape index (κ1) is 21.5. The average Bonchev–Trinajstić information content (AvgIpc) is 3.04. The molecule has 2 heterocycles. The maximum absolute atomic E-state index is 14.3. The first-order chi connectivity index (χ1) is 13.7. The Balaban J connectivity index is 1.75. The second-order valence-electron chi connectivity index (χ2n) is 6.67. The highest BCUT2D eigenvalue weighted by atomic mass is 79.9. The minimum atomic E-state index is -4.04. The second kappa shape index (κ2) is 8.64. The van der Waals surface area contributed by atoms with Crippen molar-refractivity contribution in [3.63, 3.8) is 0 Å². The van der Waals surface area contributed by atoms with E-state index in [1.165, 1.54) is 4.31 Å². The Morgan fingerprint density at radius 2 is 1.72 bits per heavy atom. The van der Waals surface area contributed by atoms with Gasteiger partial charge in [0.15, 0.2) is 0 Å². The number of aryl methyl sites for hydroxylation is 1. The molecule has 1 aliphatic heterocycles. The van der Waals surface area contributed by atoms with Crippen LogP contribution < -0.4 is 10.9 Å². The van der Waals surface area contributed by atoms with Gasteiger partial charge in [0.2, 0.25) is 10.0 Å². The Kier molecular flexibility index (Phi) is 6.39.